The monoisotopic (exact) mass is 408 g/mol. The first-order valence-electron chi connectivity index (χ1n) is 9.78. The molecule has 1 aromatic rings. The second-order valence-electron chi connectivity index (χ2n) is 7.14. The average molecular weight is 408 g/mol. The molecule has 0 spiro atoms. The van der Waals surface area contributed by atoms with Crippen molar-refractivity contribution in [3.8, 4) is 0 Å². The quantitative estimate of drug-likeness (QED) is 0.259. The van der Waals surface area contributed by atoms with Gasteiger partial charge in [0.15, 0.2) is 0 Å². The number of esters is 1. The summed E-state index contributed by atoms with van der Waals surface area (Å²) in [6.07, 6.45) is 1.58. The first-order chi connectivity index (χ1) is 13.9. The number of nitrogens with zero attached hydrogens (tertiary/aromatic N) is 1. The lowest BCUT2D eigenvalue weighted by Crippen LogP contribution is -2.32. The largest absolute Gasteiger partial charge is 0.463 e. The van der Waals surface area contributed by atoms with Crippen LogP contribution in [0.15, 0.2) is 24.3 Å². The van der Waals surface area contributed by atoms with Crippen molar-refractivity contribution in [3.63, 3.8) is 0 Å². The topological polar surface area (TPSA) is 117 Å². The van der Waals surface area contributed by atoms with Crippen LogP contribution in [0.3, 0.4) is 0 Å². The lowest BCUT2D eigenvalue weighted by Gasteiger charge is -2.19. The molecule has 1 fully saturated rings. The number of hydrogen-bond acceptors (Lipinski definition) is 7. The van der Waals surface area contributed by atoms with Crippen molar-refractivity contribution in [2.24, 2.45) is 0 Å². The number of carbonyl (C=O) groups excluding carboxylic acids is 2. The van der Waals surface area contributed by atoms with Gasteiger partial charge in [-0.05, 0) is 26.7 Å². The Labute approximate surface area is 169 Å². The van der Waals surface area contributed by atoms with E-state index in [2.05, 4.69) is 5.32 Å². The Morgan fingerprint density at radius 2 is 2.10 bits per heavy atom. The van der Waals surface area contributed by atoms with Gasteiger partial charge in [0.2, 0.25) is 5.91 Å². The van der Waals surface area contributed by atoms with E-state index in [0.29, 0.717) is 6.61 Å². The van der Waals surface area contributed by atoms with Crippen LogP contribution in [0.5, 0.6) is 0 Å². The Balaban J connectivity index is 1.98. The van der Waals surface area contributed by atoms with Crippen LogP contribution in [-0.2, 0) is 23.8 Å². The number of amides is 1. The summed E-state index contributed by atoms with van der Waals surface area (Å²) in [5.41, 5.74) is 0.0941. The van der Waals surface area contributed by atoms with E-state index in [1.165, 1.54) is 18.2 Å². The molecule has 0 aromatic heterocycles. The van der Waals surface area contributed by atoms with E-state index < -0.39 is 16.9 Å². The maximum Gasteiger partial charge on any atom is 0.308 e. The molecule has 1 saturated heterocycles. The van der Waals surface area contributed by atoms with Crippen LogP contribution in [0, 0.1) is 10.1 Å². The van der Waals surface area contributed by atoms with E-state index >= 15 is 0 Å². The summed E-state index contributed by atoms with van der Waals surface area (Å²) in [6, 6.07) is 5.16. The van der Waals surface area contributed by atoms with Gasteiger partial charge in [0.1, 0.15) is 0 Å². The van der Waals surface area contributed by atoms with Gasteiger partial charge in [0.25, 0.3) is 5.69 Å². The summed E-state index contributed by atoms with van der Waals surface area (Å²) in [6.45, 7) is 4.79. The number of nitro groups is 1. The third-order valence-electron chi connectivity index (χ3n) is 4.38. The van der Waals surface area contributed by atoms with Crippen LogP contribution >= 0.6 is 0 Å². The summed E-state index contributed by atoms with van der Waals surface area (Å²) in [7, 11) is 0. The third-order valence-corrected chi connectivity index (χ3v) is 4.38. The lowest BCUT2D eigenvalue weighted by atomic mass is 10.0. The molecule has 9 nitrogen and oxygen atoms in total. The zero-order valence-corrected chi connectivity index (χ0v) is 16.8. The minimum Gasteiger partial charge on any atom is -0.463 e. The summed E-state index contributed by atoms with van der Waals surface area (Å²) in [5, 5.41) is 14.1. The van der Waals surface area contributed by atoms with Crippen molar-refractivity contribution >= 4 is 17.6 Å². The van der Waals surface area contributed by atoms with E-state index in [1.54, 1.807) is 19.9 Å². The van der Waals surface area contributed by atoms with Crippen LogP contribution in [-0.4, -0.2) is 48.8 Å². The number of ether oxygens (including phenoxy) is 3. The zero-order chi connectivity index (χ0) is 21.2. The summed E-state index contributed by atoms with van der Waals surface area (Å²) >= 11 is 0. The second kappa shape index (κ2) is 11.5. The molecule has 1 aliphatic rings. The summed E-state index contributed by atoms with van der Waals surface area (Å²) in [5.74, 6) is -0.907. The highest BCUT2D eigenvalue weighted by atomic mass is 16.6. The van der Waals surface area contributed by atoms with Gasteiger partial charge >= 0.3 is 5.97 Å². The fourth-order valence-corrected chi connectivity index (χ4v) is 3.09. The van der Waals surface area contributed by atoms with Gasteiger partial charge in [-0.2, -0.15) is 0 Å². The van der Waals surface area contributed by atoms with Crippen LogP contribution in [0.2, 0.25) is 0 Å². The van der Waals surface area contributed by atoms with Crippen molar-refractivity contribution < 1.29 is 28.7 Å². The smallest absolute Gasteiger partial charge is 0.308 e. The predicted molar refractivity (Wildman–Crippen MR) is 104 cm³/mol. The number of carbonyl (C=O) groups is 2. The molecule has 0 saturated carbocycles. The Morgan fingerprint density at radius 1 is 1.34 bits per heavy atom. The number of rotatable bonds is 11. The molecule has 0 radical (unpaired) electrons. The van der Waals surface area contributed by atoms with Crippen LogP contribution in [0.4, 0.5) is 5.69 Å². The Bertz CT molecular complexity index is 702. The van der Waals surface area contributed by atoms with E-state index in [1.807, 2.05) is 0 Å². The Hall–Kier alpha value is -2.52. The minimum atomic E-state index is -0.867. The van der Waals surface area contributed by atoms with Crippen LogP contribution in [0.25, 0.3) is 0 Å². The standard InChI is InChI=1S/C20H28N2O7/c1-14(2)29-20(24)12-17(16-7-3-4-8-18(16)22(25)26)21-19(23)9-11-27-13-15-6-5-10-28-15/h3-4,7-8,14-15,17H,5-6,9-13H2,1-2H3,(H,21,23). The molecule has 2 rings (SSSR count). The average Bonchev–Trinajstić information content (AvgIpc) is 3.17. The maximum absolute atomic E-state index is 12.4. The van der Waals surface area contributed by atoms with Gasteiger partial charge in [-0.25, -0.2) is 0 Å². The molecular weight excluding hydrogens is 380 g/mol. The summed E-state index contributed by atoms with van der Waals surface area (Å²) < 4.78 is 16.1. The van der Waals surface area contributed by atoms with Gasteiger partial charge < -0.3 is 19.5 Å². The van der Waals surface area contributed by atoms with E-state index in [9.17, 15) is 19.7 Å². The number of hydrogen-bond donors (Lipinski definition) is 1. The predicted octanol–water partition coefficient (Wildman–Crippen LogP) is 2.68. The number of benzene rings is 1. The third kappa shape index (κ3) is 7.78. The van der Waals surface area contributed by atoms with Crippen molar-refractivity contribution in [1.29, 1.82) is 0 Å². The molecule has 0 aliphatic carbocycles. The van der Waals surface area contributed by atoms with Crippen molar-refractivity contribution in [2.75, 3.05) is 19.8 Å². The number of para-hydroxylation sites is 1. The van der Waals surface area contributed by atoms with Gasteiger partial charge in [0, 0.05) is 19.1 Å². The molecule has 29 heavy (non-hydrogen) atoms. The fraction of sp³-hybridized carbons (Fsp3) is 0.600. The molecule has 1 heterocycles. The first kappa shape index (κ1) is 22.8. The van der Waals surface area contributed by atoms with Gasteiger partial charge in [-0.1, -0.05) is 18.2 Å². The van der Waals surface area contributed by atoms with Crippen molar-refractivity contribution in [1.82, 2.24) is 5.32 Å². The van der Waals surface area contributed by atoms with Gasteiger partial charge in [0.05, 0.1) is 48.4 Å². The first-order valence-corrected chi connectivity index (χ1v) is 9.78. The molecule has 1 amide bonds. The molecule has 2 unspecified atom stereocenters. The van der Waals surface area contributed by atoms with Gasteiger partial charge in [-0.15, -0.1) is 0 Å². The molecule has 1 aromatic carbocycles. The number of nitro benzene ring substituents is 1. The Morgan fingerprint density at radius 3 is 2.76 bits per heavy atom. The molecule has 9 heteroatoms. The highest BCUT2D eigenvalue weighted by Crippen LogP contribution is 2.27. The zero-order valence-electron chi connectivity index (χ0n) is 16.8. The Kier molecular flexibility index (Phi) is 9.01. The molecule has 1 N–H and O–H groups in total. The van der Waals surface area contributed by atoms with Crippen molar-refractivity contribution in [3.05, 3.63) is 39.9 Å². The second-order valence-corrected chi connectivity index (χ2v) is 7.14. The minimum absolute atomic E-state index is 0.0725. The van der Waals surface area contributed by atoms with E-state index in [-0.39, 0.29) is 48.8 Å². The molecule has 0 bridgehead atoms. The molecule has 2 atom stereocenters. The molecular formula is C20H28N2O7. The highest BCUT2D eigenvalue weighted by molar-refractivity contribution is 5.78. The van der Waals surface area contributed by atoms with Crippen LogP contribution in [0.1, 0.15) is 51.1 Å². The van der Waals surface area contributed by atoms with Gasteiger partial charge in [-0.3, -0.25) is 19.7 Å². The number of nitrogens with one attached hydrogen (secondary N) is 1. The highest BCUT2D eigenvalue weighted by Gasteiger charge is 2.26. The van der Waals surface area contributed by atoms with E-state index in [0.717, 1.165) is 19.4 Å². The van der Waals surface area contributed by atoms with Crippen LogP contribution < -0.4 is 5.32 Å². The lowest BCUT2D eigenvalue weighted by molar-refractivity contribution is -0.385. The molecule has 160 valence electrons. The maximum atomic E-state index is 12.4. The molecule has 1 aliphatic heterocycles. The normalized spacial score (nSPS) is 17.1. The summed E-state index contributed by atoms with van der Waals surface area (Å²) in [4.78, 5) is 35.3. The SMILES string of the molecule is CC(C)OC(=O)CC(NC(=O)CCOCC1CCCO1)c1ccccc1[N+](=O)[O-]. The van der Waals surface area contributed by atoms with Crippen molar-refractivity contribution in [2.45, 2.75) is 57.8 Å². The van der Waals surface area contributed by atoms with E-state index in [4.69, 9.17) is 14.2 Å². The fourth-order valence-electron chi connectivity index (χ4n) is 3.09.